The Hall–Kier alpha value is -6.89. The Kier molecular flexibility index (Phi) is 19.8. The van der Waals surface area contributed by atoms with Crippen molar-refractivity contribution in [3.8, 4) is 11.5 Å². The maximum atomic E-state index is 13.7. The van der Waals surface area contributed by atoms with E-state index in [4.69, 9.17) is 11.5 Å². The van der Waals surface area contributed by atoms with Gasteiger partial charge in [0.25, 0.3) is 0 Å². The van der Waals surface area contributed by atoms with Gasteiger partial charge in [-0.05, 0) is 61.6 Å². The predicted octanol–water partition coefficient (Wildman–Crippen LogP) is -5.54. The first kappa shape index (κ1) is 51.5. The summed E-state index contributed by atoms with van der Waals surface area (Å²) >= 11 is 0. The fourth-order valence-electron chi connectivity index (χ4n) is 6.46. The summed E-state index contributed by atoms with van der Waals surface area (Å²) in [6.45, 7) is -1.69. The maximum Gasteiger partial charge on any atom is 0.328 e. The number of rotatable bonds is 24. The van der Waals surface area contributed by atoms with Crippen molar-refractivity contribution in [2.75, 3.05) is 26.3 Å². The molecule has 350 valence electrons. The van der Waals surface area contributed by atoms with Gasteiger partial charge >= 0.3 is 5.97 Å². The van der Waals surface area contributed by atoms with Gasteiger partial charge < -0.3 is 78.9 Å². The number of phenolic OH excluding ortho intramolecular Hbond substituents is 2. The molecule has 0 spiro atoms. The fourth-order valence-corrected chi connectivity index (χ4v) is 6.46. The molecule has 16 N–H and O–H groups in total. The molecule has 1 saturated heterocycles. The Bertz CT molecular complexity index is 1980. The van der Waals surface area contributed by atoms with E-state index >= 15 is 0 Å². The van der Waals surface area contributed by atoms with Gasteiger partial charge in [0, 0.05) is 25.8 Å². The van der Waals surface area contributed by atoms with Gasteiger partial charge in [0.05, 0.1) is 31.9 Å². The van der Waals surface area contributed by atoms with Crippen LogP contribution >= 0.6 is 0 Å². The molecule has 8 atom stereocenters. The maximum absolute atomic E-state index is 13.7. The van der Waals surface area contributed by atoms with Crippen LogP contribution in [0.3, 0.4) is 0 Å². The van der Waals surface area contributed by atoms with Crippen molar-refractivity contribution in [3.63, 3.8) is 0 Å². The van der Waals surface area contributed by atoms with Crippen molar-refractivity contribution in [1.82, 2.24) is 36.8 Å². The number of primary amides is 1. The summed E-state index contributed by atoms with van der Waals surface area (Å²) in [5.74, 6) is -9.02. The lowest BCUT2D eigenvalue weighted by atomic mass is 10.0. The van der Waals surface area contributed by atoms with Crippen molar-refractivity contribution in [1.29, 1.82) is 0 Å². The van der Waals surface area contributed by atoms with E-state index in [1.807, 2.05) is 0 Å². The van der Waals surface area contributed by atoms with E-state index in [0.29, 0.717) is 11.1 Å². The lowest BCUT2D eigenvalue weighted by Crippen LogP contribution is -2.60. The van der Waals surface area contributed by atoms with E-state index in [0.717, 1.165) is 11.8 Å². The molecule has 1 aliphatic rings. The Morgan fingerprint density at radius 2 is 1.23 bits per heavy atom. The molecule has 0 aromatic heterocycles. The lowest BCUT2D eigenvalue weighted by molar-refractivity contribution is -0.146. The van der Waals surface area contributed by atoms with Crippen LogP contribution in [-0.4, -0.2) is 163 Å². The van der Waals surface area contributed by atoms with Gasteiger partial charge in [0.2, 0.25) is 47.3 Å². The molecule has 24 heteroatoms. The van der Waals surface area contributed by atoms with Crippen molar-refractivity contribution in [3.05, 3.63) is 59.7 Å². The predicted molar refractivity (Wildman–Crippen MR) is 221 cm³/mol. The van der Waals surface area contributed by atoms with Crippen LogP contribution in [0.25, 0.3) is 0 Å². The number of carbonyl (C=O) groups excluding carboxylic acids is 8. The van der Waals surface area contributed by atoms with Gasteiger partial charge in [-0.2, -0.15) is 0 Å². The number of benzene rings is 2. The number of hydrogen-bond donors (Lipinski definition) is 14. The number of amides is 8. The zero-order valence-electron chi connectivity index (χ0n) is 34.8. The zero-order valence-corrected chi connectivity index (χ0v) is 34.8. The third-order valence-corrected chi connectivity index (χ3v) is 10.00. The van der Waals surface area contributed by atoms with Crippen LogP contribution in [0, 0.1) is 0 Å². The summed E-state index contributed by atoms with van der Waals surface area (Å²) in [5, 5.41) is 72.6. The highest BCUT2D eigenvalue weighted by Crippen LogP contribution is 2.20. The highest BCUT2D eigenvalue weighted by molar-refractivity contribution is 5.97. The number of hydrogen-bond acceptors (Lipinski definition) is 15. The molecule has 1 fully saturated rings. The first-order valence-electron chi connectivity index (χ1n) is 20.1. The molecule has 24 nitrogen and oxygen atoms in total. The van der Waals surface area contributed by atoms with Crippen LogP contribution in [-0.2, 0) is 56.0 Å². The number of nitrogens with one attached hydrogen (secondary N) is 6. The highest BCUT2D eigenvalue weighted by atomic mass is 16.4. The number of phenols is 2. The van der Waals surface area contributed by atoms with Gasteiger partial charge in [0.1, 0.15) is 41.7 Å². The average molecular weight is 902 g/mol. The molecule has 2 aromatic rings. The van der Waals surface area contributed by atoms with Crippen molar-refractivity contribution < 1.29 is 73.8 Å². The standard InChI is InChI=1S/C40H55N9O15/c1-20(52)33(40(63)64)48-36(59)27(16-22-6-10-24(54)11-7-22)46-38(61)30-3-2-14-49(30)39(62)29(19-51)47-37(60)28(18-50)44-32(56)17-43-35(58)26(15-21-4-8-23(53)9-5-21)45-34(57)25(41)12-13-31(42)55/h4-11,20,25-30,33,50-54H,2-3,12-19,41H2,1H3,(H2,42,55)(H,43,58)(H,44,56)(H,45,57)(H,46,61)(H,47,60)(H,48,59)(H,63,64)/t20-,25+,26+,27+,28+,29+,30+,33+/m1/s1. The number of likely N-dealkylation sites (tertiary alicyclic amines) is 1. The Labute approximate surface area is 366 Å². The second-order valence-corrected chi connectivity index (χ2v) is 15.0. The van der Waals surface area contributed by atoms with Crippen molar-refractivity contribution in [2.24, 2.45) is 11.5 Å². The number of aliphatic hydroxyl groups excluding tert-OH is 3. The number of aliphatic hydroxyl groups is 3. The van der Waals surface area contributed by atoms with E-state index in [2.05, 4.69) is 31.9 Å². The van der Waals surface area contributed by atoms with E-state index in [9.17, 15) is 73.8 Å². The highest BCUT2D eigenvalue weighted by Gasteiger charge is 2.40. The van der Waals surface area contributed by atoms with E-state index < -0.39 is 121 Å². The van der Waals surface area contributed by atoms with Crippen LogP contribution in [0.4, 0.5) is 0 Å². The normalized spacial score (nSPS) is 16.6. The molecule has 8 amide bonds. The van der Waals surface area contributed by atoms with E-state index in [-0.39, 0.29) is 56.6 Å². The van der Waals surface area contributed by atoms with Crippen LogP contribution < -0.4 is 43.4 Å². The summed E-state index contributed by atoms with van der Waals surface area (Å²) in [6, 6.07) is 0.809. The average Bonchev–Trinajstić information content (AvgIpc) is 3.75. The number of aliphatic carboxylic acids is 1. The van der Waals surface area contributed by atoms with Gasteiger partial charge in [-0.25, -0.2) is 4.79 Å². The lowest BCUT2D eigenvalue weighted by Gasteiger charge is -2.30. The molecule has 64 heavy (non-hydrogen) atoms. The number of nitrogens with zero attached hydrogens (tertiary/aromatic N) is 1. The van der Waals surface area contributed by atoms with Crippen LogP contribution in [0.1, 0.15) is 43.7 Å². The molecule has 0 aliphatic carbocycles. The Morgan fingerprint density at radius 1 is 0.719 bits per heavy atom. The molecule has 0 unspecified atom stereocenters. The Morgan fingerprint density at radius 3 is 1.73 bits per heavy atom. The largest absolute Gasteiger partial charge is 0.508 e. The molecular weight excluding hydrogens is 846 g/mol. The number of carboxylic acid groups (broad SMARTS) is 1. The minimum Gasteiger partial charge on any atom is -0.508 e. The SMILES string of the molecule is C[C@@H](O)[C@H](NC(=O)[C@H](Cc1ccc(O)cc1)NC(=O)[C@@H]1CCCN1C(=O)[C@H](CO)NC(=O)[C@H](CO)NC(=O)CNC(=O)[C@H](Cc1ccc(O)cc1)NC(=O)[C@@H](N)CCC(N)=O)C(=O)O. The molecule has 3 rings (SSSR count). The third-order valence-electron chi connectivity index (χ3n) is 10.00. The number of carbonyl (C=O) groups is 9. The molecule has 0 saturated carbocycles. The van der Waals surface area contributed by atoms with Crippen LogP contribution in [0.15, 0.2) is 48.5 Å². The summed E-state index contributed by atoms with van der Waals surface area (Å²) in [5.41, 5.74) is 11.9. The summed E-state index contributed by atoms with van der Waals surface area (Å²) in [4.78, 5) is 117. The second-order valence-electron chi connectivity index (χ2n) is 15.0. The Balaban J connectivity index is 1.66. The first-order chi connectivity index (χ1) is 30.2. The molecule has 1 aliphatic heterocycles. The second kappa shape index (κ2) is 24.7. The quantitative estimate of drug-likeness (QED) is 0.0467. The smallest absolute Gasteiger partial charge is 0.328 e. The first-order valence-corrected chi connectivity index (χ1v) is 20.1. The molecule has 0 bridgehead atoms. The van der Waals surface area contributed by atoms with Crippen molar-refractivity contribution >= 4 is 53.2 Å². The van der Waals surface area contributed by atoms with Crippen LogP contribution in [0.2, 0.25) is 0 Å². The molecular formula is C40H55N9O15. The fraction of sp³-hybridized carbons (Fsp3) is 0.475. The molecule has 0 radical (unpaired) electrons. The molecule has 1 heterocycles. The van der Waals surface area contributed by atoms with Crippen molar-refractivity contribution in [2.45, 2.75) is 93.8 Å². The summed E-state index contributed by atoms with van der Waals surface area (Å²) in [6.07, 6.45) is -1.83. The van der Waals surface area contributed by atoms with Gasteiger partial charge in [0.15, 0.2) is 6.04 Å². The number of aromatic hydroxyl groups is 2. The monoisotopic (exact) mass is 901 g/mol. The summed E-state index contributed by atoms with van der Waals surface area (Å²) in [7, 11) is 0. The van der Waals surface area contributed by atoms with E-state index in [1.165, 1.54) is 48.5 Å². The van der Waals surface area contributed by atoms with Gasteiger partial charge in [-0.3, -0.25) is 38.4 Å². The summed E-state index contributed by atoms with van der Waals surface area (Å²) < 4.78 is 0. The minimum absolute atomic E-state index is 0.0331. The van der Waals surface area contributed by atoms with Gasteiger partial charge in [-0.15, -0.1) is 0 Å². The number of nitrogens with two attached hydrogens (primary N) is 2. The number of carboxylic acids is 1. The minimum atomic E-state index is -1.74. The topological polar surface area (TPSA) is 402 Å². The third kappa shape index (κ3) is 15.8. The molecule has 2 aromatic carbocycles. The van der Waals surface area contributed by atoms with Crippen LogP contribution in [0.5, 0.6) is 11.5 Å². The van der Waals surface area contributed by atoms with Gasteiger partial charge in [-0.1, -0.05) is 24.3 Å². The van der Waals surface area contributed by atoms with E-state index in [1.54, 1.807) is 0 Å². The zero-order chi connectivity index (χ0) is 47.7.